The second-order valence-electron chi connectivity index (χ2n) is 7.06. The molecule has 0 aliphatic heterocycles. The predicted molar refractivity (Wildman–Crippen MR) is 110 cm³/mol. The van der Waals surface area contributed by atoms with Crippen LogP contribution in [0, 0.1) is 0 Å². The van der Waals surface area contributed by atoms with Crippen LogP contribution in [0.3, 0.4) is 0 Å². The number of rotatable bonds is 4. The summed E-state index contributed by atoms with van der Waals surface area (Å²) in [6, 6.07) is 18.4. The monoisotopic (exact) mass is 374 g/mol. The molecular formula is C22H22N4O2. The van der Waals surface area contributed by atoms with Crippen LogP contribution in [-0.4, -0.2) is 34.0 Å². The zero-order valence-electron chi connectivity index (χ0n) is 15.6. The Morgan fingerprint density at radius 3 is 2.43 bits per heavy atom. The van der Waals surface area contributed by atoms with Crippen molar-refractivity contribution in [3.05, 3.63) is 77.5 Å². The van der Waals surface area contributed by atoms with Crippen molar-refractivity contribution < 1.29 is 9.90 Å². The number of hydrogen-bond donors (Lipinski definition) is 3. The van der Waals surface area contributed by atoms with Gasteiger partial charge in [0.05, 0.1) is 5.69 Å². The molecule has 0 bridgehead atoms. The van der Waals surface area contributed by atoms with Crippen LogP contribution in [-0.2, 0) is 12.8 Å². The number of nitrogens with two attached hydrogens (primary N) is 1. The van der Waals surface area contributed by atoms with Crippen molar-refractivity contribution >= 4 is 23.1 Å². The molecule has 0 saturated heterocycles. The number of nitrogen functional groups attached to an aromatic ring is 1. The van der Waals surface area contributed by atoms with Crippen LogP contribution in [0.15, 0.2) is 60.7 Å². The van der Waals surface area contributed by atoms with Gasteiger partial charge >= 0.3 is 0 Å². The highest BCUT2D eigenvalue weighted by Crippen LogP contribution is 2.28. The molecule has 1 amide bonds. The number of phenolic OH excluding ortho intramolecular Hbond substituents is 1. The van der Waals surface area contributed by atoms with Gasteiger partial charge < -0.3 is 21.1 Å². The van der Waals surface area contributed by atoms with E-state index in [4.69, 9.17) is 5.73 Å². The molecule has 6 nitrogen and oxygen atoms in total. The van der Waals surface area contributed by atoms with Crippen LogP contribution < -0.4 is 11.1 Å². The van der Waals surface area contributed by atoms with Crippen molar-refractivity contribution in [1.82, 2.24) is 9.88 Å². The number of anilines is 3. The van der Waals surface area contributed by atoms with Gasteiger partial charge in [-0.15, -0.1) is 0 Å². The van der Waals surface area contributed by atoms with E-state index in [-0.39, 0.29) is 23.4 Å². The Labute approximate surface area is 163 Å². The predicted octanol–water partition coefficient (Wildman–Crippen LogP) is 3.35. The molecule has 4 N–H and O–H groups in total. The minimum absolute atomic E-state index is 0.0976. The topological polar surface area (TPSA) is 91.5 Å². The van der Waals surface area contributed by atoms with Crippen LogP contribution in [0.2, 0.25) is 0 Å². The molecule has 142 valence electrons. The maximum Gasteiger partial charge on any atom is 0.272 e. The number of fused-ring (bicyclic) bond motifs is 1. The van der Waals surface area contributed by atoms with Crippen LogP contribution in [0.1, 0.15) is 21.6 Å². The van der Waals surface area contributed by atoms with Gasteiger partial charge in [0.15, 0.2) is 0 Å². The molecule has 1 heterocycles. The summed E-state index contributed by atoms with van der Waals surface area (Å²) in [5, 5.41) is 13.0. The average Bonchev–Trinajstić information content (AvgIpc) is 3.12. The van der Waals surface area contributed by atoms with E-state index >= 15 is 0 Å². The molecule has 1 aliphatic rings. The van der Waals surface area contributed by atoms with Gasteiger partial charge in [-0.1, -0.05) is 36.4 Å². The molecule has 0 saturated carbocycles. The second-order valence-corrected chi connectivity index (χ2v) is 7.06. The number of carbonyl (C=O) groups excluding carboxylic acids is 1. The van der Waals surface area contributed by atoms with E-state index in [0.29, 0.717) is 17.2 Å². The maximum atomic E-state index is 13.0. The van der Waals surface area contributed by atoms with Gasteiger partial charge in [-0.3, -0.25) is 4.79 Å². The highest BCUT2D eigenvalue weighted by molar-refractivity contribution is 5.94. The first-order valence-corrected chi connectivity index (χ1v) is 9.18. The molecule has 0 fully saturated rings. The standard InChI is InChI=1S/C22H22N4O2/c1-26(17-10-14-6-2-3-7-15(14)11-17)22(28)19-12-16(23)13-21(25-19)24-18-8-4-5-9-20(18)27/h2-9,12-13,17,27H,10-11H2,1H3,(H3,23,24,25). The molecule has 0 atom stereocenters. The highest BCUT2D eigenvalue weighted by atomic mass is 16.3. The summed E-state index contributed by atoms with van der Waals surface area (Å²) in [7, 11) is 1.81. The van der Waals surface area contributed by atoms with Crippen molar-refractivity contribution in [3.63, 3.8) is 0 Å². The molecule has 0 radical (unpaired) electrons. The Hall–Kier alpha value is -3.54. The minimum Gasteiger partial charge on any atom is -0.506 e. The molecule has 1 aliphatic carbocycles. The van der Waals surface area contributed by atoms with Crippen molar-refractivity contribution in [2.24, 2.45) is 0 Å². The van der Waals surface area contributed by atoms with Crippen LogP contribution >= 0.6 is 0 Å². The number of carbonyl (C=O) groups is 1. The van der Waals surface area contributed by atoms with Gasteiger partial charge in [-0.25, -0.2) is 4.98 Å². The van der Waals surface area contributed by atoms with Gasteiger partial charge in [0.2, 0.25) is 0 Å². The molecular weight excluding hydrogens is 352 g/mol. The number of hydrogen-bond acceptors (Lipinski definition) is 5. The molecule has 4 rings (SSSR count). The average molecular weight is 374 g/mol. The molecule has 3 aromatic rings. The quantitative estimate of drug-likeness (QED) is 0.609. The van der Waals surface area contributed by atoms with Gasteiger partial charge in [0.1, 0.15) is 17.3 Å². The number of nitrogens with one attached hydrogen (secondary N) is 1. The SMILES string of the molecule is CN(C(=O)c1cc(N)cc(Nc2ccccc2O)n1)C1Cc2ccccc2C1. The summed E-state index contributed by atoms with van der Waals surface area (Å²) < 4.78 is 0. The van der Waals surface area contributed by atoms with E-state index in [1.165, 1.54) is 11.1 Å². The largest absolute Gasteiger partial charge is 0.506 e. The maximum absolute atomic E-state index is 13.0. The van der Waals surface area contributed by atoms with E-state index in [1.54, 1.807) is 48.3 Å². The summed E-state index contributed by atoms with van der Waals surface area (Å²) in [5.41, 5.74) is 9.77. The number of likely N-dealkylation sites (N-methyl/N-ethyl adjacent to an activating group) is 1. The smallest absolute Gasteiger partial charge is 0.272 e. The summed E-state index contributed by atoms with van der Waals surface area (Å²) >= 11 is 0. The van der Waals surface area contributed by atoms with Crippen LogP contribution in [0.25, 0.3) is 0 Å². The summed E-state index contributed by atoms with van der Waals surface area (Å²) in [6.07, 6.45) is 1.67. The summed E-state index contributed by atoms with van der Waals surface area (Å²) in [5.74, 6) is 0.332. The Morgan fingerprint density at radius 1 is 1.11 bits per heavy atom. The lowest BCUT2D eigenvalue weighted by molar-refractivity contribution is 0.0732. The van der Waals surface area contributed by atoms with Crippen molar-refractivity contribution in [2.45, 2.75) is 18.9 Å². The third-order valence-electron chi connectivity index (χ3n) is 5.13. The zero-order valence-corrected chi connectivity index (χ0v) is 15.6. The van der Waals surface area contributed by atoms with Gasteiger partial charge in [-0.2, -0.15) is 0 Å². The summed E-state index contributed by atoms with van der Waals surface area (Å²) in [4.78, 5) is 19.2. The minimum atomic E-state index is -0.176. The lowest BCUT2D eigenvalue weighted by Gasteiger charge is -2.24. The molecule has 0 spiro atoms. The molecule has 2 aromatic carbocycles. The summed E-state index contributed by atoms with van der Waals surface area (Å²) in [6.45, 7) is 0. The first kappa shape index (κ1) is 17.9. The first-order valence-electron chi connectivity index (χ1n) is 9.18. The number of amides is 1. The Bertz CT molecular complexity index is 1010. The normalized spacial score (nSPS) is 13.2. The number of benzene rings is 2. The Balaban J connectivity index is 1.55. The van der Waals surface area contributed by atoms with Crippen LogP contribution in [0.5, 0.6) is 5.75 Å². The number of phenols is 1. The van der Waals surface area contributed by atoms with E-state index in [2.05, 4.69) is 22.4 Å². The van der Waals surface area contributed by atoms with Gasteiger partial charge in [0.25, 0.3) is 5.91 Å². The number of aromatic hydroxyl groups is 1. The van der Waals surface area contributed by atoms with Crippen molar-refractivity contribution in [2.75, 3.05) is 18.1 Å². The lowest BCUT2D eigenvalue weighted by atomic mass is 10.1. The first-order chi connectivity index (χ1) is 13.5. The third-order valence-corrected chi connectivity index (χ3v) is 5.13. The van der Waals surface area contributed by atoms with E-state index in [1.807, 2.05) is 12.1 Å². The van der Waals surface area contributed by atoms with Crippen molar-refractivity contribution in [1.29, 1.82) is 0 Å². The number of nitrogens with zero attached hydrogens (tertiary/aromatic N) is 2. The molecule has 1 aromatic heterocycles. The third kappa shape index (κ3) is 3.49. The number of pyridine rings is 1. The fourth-order valence-electron chi connectivity index (χ4n) is 3.60. The van der Waals surface area contributed by atoms with E-state index in [0.717, 1.165) is 12.8 Å². The number of aromatic nitrogens is 1. The fourth-order valence-corrected chi connectivity index (χ4v) is 3.60. The Kier molecular flexibility index (Phi) is 4.61. The second kappa shape index (κ2) is 7.23. The molecule has 0 unspecified atom stereocenters. The number of para-hydroxylation sites is 2. The molecule has 6 heteroatoms. The Morgan fingerprint density at radius 2 is 1.75 bits per heavy atom. The highest BCUT2D eigenvalue weighted by Gasteiger charge is 2.28. The molecule has 28 heavy (non-hydrogen) atoms. The van der Waals surface area contributed by atoms with Gasteiger partial charge in [-0.05, 0) is 42.2 Å². The van der Waals surface area contributed by atoms with E-state index in [9.17, 15) is 9.90 Å². The van der Waals surface area contributed by atoms with Gasteiger partial charge in [0, 0.05) is 24.8 Å². The van der Waals surface area contributed by atoms with E-state index < -0.39 is 0 Å². The fraction of sp³-hybridized carbons (Fsp3) is 0.182. The zero-order chi connectivity index (χ0) is 19.7. The van der Waals surface area contributed by atoms with Crippen LogP contribution in [0.4, 0.5) is 17.2 Å². The lowest BCUT2D eigenvalue weighted by Crippen LogP contribution is -2.38. The van der Waals surface area contributed by atoms with Crippen molar-refractivity contribution in [3.8, 4) is 5.75 Å².